The van der Waals surface area contributed by atoms with Crippen LogP contribution in [0.2, 0.25) is 5.15 Å². The van der Waals surface area contributed by atoms with E-state index in [9.17, 15) is 5.11 Å². The van der Waals surface area contributed by atoms with Gasteiger partial charge >= 0.3 is 0 Å². The molecular formula is C7H4ClN3OS2. The Morgan fingerprint density at radius 1 is 1.50 bits per heavy atom. The number of rotatable bonds is 1. The van der Waals surface area contributed by atoms with Crippen molar-refractivity contribution in [2.24, 2.45) is 4.99 Å². The summed E-state index contributed by atoms with van der Waals surface area (Å²) in [6.07, 6.45) is 1.55. The van der Waals surface area contributed by atoms with Gasteiger partial charge in [-0.15, -0.1) is 0 Å². The lowest BCUT2D eigenvalue weighted by Gasteiger charge is -1.93. The molecule has 14 heavy (non-hydrogen) atoms. The second-order valence-electron chi connectivity index (χ2n) is 2.30. The zero-order valence-electron chi connectivity index (χ0n) is 6.72. The molecule has 72 valence electrons. The highest BCUT2D eigenvalue weighted by molar-refractivity contribution is 7.66. The number of pyridine rings is 1. The first-order chi connectivity index (χ1) is 6.77. The van der Waals surface area contributed by atoms with Crippen LogP contribution in [-0.2, 0) is 0 Å². The van der Waals surface area contributed by atoms with Gasteiger partial charge in [-0.25, -0.2) is 9.98 Å². The van der Waals surface area contributed by atoms with E-state index in [0.29, 0.717) is 9.82 Å². The highest BCUT2D eigenvalue weighted by atomic mass is 35.5. The van der Waals surface area contributed by atoms with Gasteiger partial charge in [-0.1, -0.05) is 11.6 Å². The van der Waals surface area contributed by atoms with Crippen LogP contribution in [0.1, 0.15) is 0 Å². The van der Waals surface area contributed by atoms with Crippen LogP contribution in [0.15, 0.2) is 23.3 Å². The van der Waals surface area contributed by atoms with Crippen LogP contribution in [0.4, 0.5) is 5.82 Å². The lowest BCUT2D eigenvalue weighted by molar-refractivity contribution is 0.474. The highest BCUT2D eigenvalue weighted by Crippen LogP contribution is 2.21. The van der Waals surface area contributed by atoms with Gasteiger partial charge in [-0.05, 0) is 22.5 Å². The molecule has 2 aromatic rings. The molecule has 1 N–H and O–H groups in total. The van der Waals surface area contributed by atoms with Crippen LogP contribution in [0.5, 0.6) is 5.75 Å². The number of halogens is 1. The molecule has 0 atom stereocenters. The molecule has 0 fully saturated rings. The Morgan fingerprint density at radius 3 is 3.00 bits per heavy atom. The molecule has 4 nitrogen and oxygen atoms in total. The molecule has 2 heterocycles. The lowest BCUT2D eigenvalue weighted by atomic mass is 10.4. The van der Waals surface area contributed by atoms with E-state index in [4.69, 9.17) is 11.6 Å². The first kappa shape index (κ1) is 9.57. The Bertz CT molecular complexity index is 507. The zero-order chi connectivity index (χ0) is 9.97. The summed E-state index contributed by atoms with van der Waals surface area (Å²) in [7, 11) is 2.58. The van der Waals surface area contributed by atoms with Gasteiger partial charge in [-0.3, -0.25) is 0 Å². The maximum Gasteiger partial charge on any atom is 0.196 e. The molecule has 0 unspecified atom stereocenters. The summed E-state index contributed by atoms with van der Waals surface area (Å²) in [6, 6.07) is 3.15. The minimum Gasteiger partial charge on any atom is -0.504 e. The summed E-state index contributed by atoms with van der Waals surface area (Å²) in [5.74, 6) is 0.285. The fourth-order valence-electron chi connectivity index (χ4n) is 0.796. The van der Waals surface area contributed by atoms with E-state index in [-0.39, 0.29) is 11.6 Å². The predicted molar refractivity (Wildman–Crippen MR) is 56.1 cm³/mol. The van der Waals surface area contributed by atoms with E-state index in [1.165, 1.54) is 26.9 Å². The third-order valence-corrected chi connectivity index (χ3v) is 3.55. The normalized spacial score (nSPS) is 11.9. The molecule has 0 spiro atoms. The van der Waals surface area contributed by atoms with E-state index in [1.54, 1.807) is 12.3 Å². The average Bonchev–Trinajstić information content (AvgIpc) is 2.56. The molecule has 0 aliphatic heterocycles. The topological polar surface area (TPSA) is 58.4 Å². The van der Waals surface area contributed by atoms with Crippen LogP contribution >= 0.6 is 32.5 Å². The van der Waals surface area contributed by atoms with Crippen molar-refractivity contribution in [3.63, 3.8) is 0 Å². The second-order valence-corrected chi connectivity index (χ2v) is 4.49. The van der Waals surface area contributed by atoms with E-state index < -0.39 is 0 Å². The van der Waals surface area contributed by atoms with E-state index >= 15 is 0 Å². The molecule has 0 aliphatic rings. The van der Waals surface area contributed by atoms with Crippen LogP contribution in [-0.4, -0.2) is 14.5 Å². The number of aromatic hydroxyl groups is 1. The average molecular weight is 246 g/mol. The van der Waals surface area contributed by atoms with Gasteiger partial charge in [0.1, 0.15) is 0 Å². The van der Waals surface area contributed by atoms with Crippen molar-refractivity contribution >= 4 is 38.3 Å². The zero-order valence-corrected chi connectivity index (χ0v) is 9.10. The third kappa shape index (κ3) is 1.92. The van der Waals surface area contributed by atoms with Crippen molar-refractivity contribution in [2.45, 2.75) is 0 Å². The molecule has 2 aromatic heterocycles. The number of hydrogen-bond acceptors (Lipinski definition) is 6. The minimum atomic E-state index is 0.0296. The molecule has 0 bridgehead atoms. The van der Waals surface area contributed by atoms with Gasteiger partial charge in [0, 0.05) is 16.7 Å². The fraction of sp³-hybridized carbons (Fsp3) is 0. The van der Waals surface area contributed by atoms with Crippen LogP contribution < -0.4 is 4.67 Å². The van der Waals surface area contributed by atoms with Crippen molar-refractivity contribution in [3.05, 3.63) is 28.2 Å². The van der Waals surface area contributed by atoms with Gasteiger partial charge in [0.15, 0.2) is 21.4 Å². The van der Waals surface area contributed by atoms with Gasteiger partial charge in [0.2, 0.25) is 0 Å². The monoisotopic (exact) mass is 245 g/mol. The molecule has 0 amide bonds. The maximum atomic E-state index is 9.39. The van der Waals surface area contributed by atoms with E-state index in [1.807, 2.05) is 0 Å². The van der Waals surface area contributed by atoms with Crippen LogP contribution in [0.3, 0.4) is 0 Å². The molecule has 0 radical (unpaired) electrons. The summed E-state index contributed by atoms with van der Waals surface area (Å²) >= 11 is 5.75. The Labute approximate surface area is 91.7 Å². The summed E-state index contributed by atoms with van der Waals surface area (Å²) in [4.78, 5) is 7.98. The van der Waals surface area contributed by atoms with E-state index in [2.05, 4.69) is 14.3 Å². The summed E-state index contributed by atoms with van der Waals surface area (Å²) in [5.41, 5.74) is 0. The first-order valence-electron chi connectivity index (χ1n) is 3.57. The van der Waals surface area contributed by atoms with Gasteiger partial charge < -0.3 is 5.11 Å². The van der Waals surface area contributed by atoms with Crippen molar-refractivity contribution < 1.29 is 5.11 Å². The number of aromatic nitrogens is 2. The quantitative estimate of drug-likeness (QED) is 0.784. The Morgan fingerprint density at radius 2 is 2.36 bits per heavy atom. The van der Waals surface area contributed by atoms with Crippen molar-refractivity contribution in [3.8, 4) is 5.75 Å². The van der Waals surface area contributed by atoms with Crippen molar-refractivity contribution in [1.29, 1.82) is 0 Å². The fourth-order valence-corrected chi connectivity index (χ4v) is 2.77. The largest absolute Gasteiger partial charge is 0.504 e. The SMILES string of the molecule is Oc1cccnc1N=c1ssnc1Cl. The van der Waals surface area contributed by atoms with Gasteiger partial charge in [0.05, 0.1) is 0 Å². The molecule has 7 heteroatoms. The van der Waals surface area contributed by atoms with E-state index in [0.717, 1.165) is 0 Å². The smallest absolute Gasteiger partial charge is 0.196 e. The summed E-state index contributed by atoms with van der Waals surface area (Å²) in [6.45, 7) is 0. The molecule has 0 saturated carbocycles. The Balaban J connectivity index is 2.54. The first-order valence-corrected chi connectivity index (χ1v) is 6.06. The Kier molecular flexibility index (Phi) is 2.76. The number of nitrogens with zero attached hydrogens (tertiary/aromatic N) is 3. The second kappa shape index (κ2) is 4.04. The molecule has 0 saturated heterocycles. The Hall–Kier alpha value is -0.980. The number of hydrogen-bond donors (Lipinski definition) is 1. The third-order valence-electron chi connectivity index (χ3n) is 1.38. The van der Waals surface area contributed by atoms with Crippen molar-refractivity contribution in [1.82, 2.24) is 9.36 Å². The summed E-state index contributed by atoms with van der Waals surface area (Å²) < 4.78 is 4.43. The van der Waals surface area contributed by atoms with Crippen molar-refractivity contribution in [2.75, 3.05) is 0 Å². The standard InChI is InChI=1S/C7H4ClN3OS2/c8-5-7(13-14-11-5)10-6-4(12)2-1-3-9-6/h1-3,12H. The molecule has 0 aliphatic carbocycles. The predicted octanol–water partition coefficient (Wildman–Crippen LogP) is 2.19. The van der Waals surface area contributed by atoms with Gasteiger partial charge in [0.25, 0.3) is 0 Å². The minimum absolute atomic E-state index is 0.0296. The highest BCUT2D eigenvalue weighted by Gasteiger charge is 2.01. The lowest BCUT2D eigenvalue weighted by Crippen LogP contribution is -1.93. The summed E-state index contributed by atoms with van der Waals surface area (Å²) in [5, 5.41) is 9.73. The molecular weight excluding hydrogens is 242 g/mol. The molecule has 0 aromatic carbocycles. The van der Waals surface area contributed by atoms with Crippen LogP contribution in [0.25, 0.3) is 0 Å². The van der Waals surface area contributed by atoms with Crippen LogP contribution in [0, 0.1) is 0 Å². The molecule has 2 rings (SSSR count). The maximum absolute atomic E-state index is 9.39. The van der Waals surface area contributed by atoms with Gasteiger partial charge in [-0.2, -0.15) is 4.37 Å².